The number of ketones is 8. The van der Waals surface area contributed by atoms with Crippen LogP contribution in [-0.4, -0.2) is 267 Å². The number of primary amides is 2. The number of likely N-dealkylation sites (tertiary alicyclic amines) is 2. The second-order valence-corrected chi connectivity index (χ2v) is 39.4. The van der Waals surface area contributed by atoms with Crippen LogP contribution in [0.1, 0.15) is 240 Å². The summed E-state index contributed by atoms with van der Waals surface area (Å²) in [4.78, 5) is 273. The zero-order valence-corrected chi connectivity index (χ0v) is 84.7. The summed E-state index contributed by atoms with van der Waals surface area (Å²) in [6.45, 7) is 14.6. The van der Waals surface area contributed by atoms with Crippen LogP contribution in [0.5, 0.6) is 0 Å². The number of nitrogens with zero attached hydrogens (tertiary/aromatic N) is 2. The number of methoxy groups -OCH3 is 2. The maximum atomic E-state index is 14.5. The van der Waals surface area contributed by atoms with E-state index in [0.29, 0.717) is 96.7 Å². The van der Waals surface area contributed by atoms with Crippen molar-refractivity contribution in [3.05, 3.63) is 72.1 Å². The van der Waals surface area contributed by atoms with Gasteiger partial charge in [0.1, 0.15) is 23.1 Å². The molecule has 4 aromatic rings. The third-order valence-corrected chi connectivity index (χ3v) is 28.2. The first-order valence-electron chi connectivity index (χ1n) is 49.2. The Kier molecular flexibility index (Phi) is 54.9. The number of aromatic nitrogens is 2. The molecule has 140 heavy (non-hydrogen) atoms. The number of nitrogens with two attached hydrogens (primary N) is 3. The van der Waals surface area contributed by atoms with Crippen LogP contribution in [0, 0.1) is 53.3 Å². The molecule has 0 spiro atoms. The van der Waals surface area contributed by atoms with Gasteiger partial charge in [-0.15, -0.1) is 23.5 Å². The van der Waals surface area contributed by atoms with Gasteiger partial charge in [0.15, 0.2) is 23.1 Å². The highest BCUT2D eigenvalue weighted by Crippen LogP contribution is 2.33. The van der Waals surface area contributed by atoms with Crippen molar-refractivity contribution in [2.45, 2.75) is 276 Å². The van der Waals surface area contributed by atoms with Crippen molar-refractivity contribution in [1.82, 2.24) is 51.7 Å². The van der Waals surface area contributed by atoms with Gasteiger partial charge in [0.05, 0.1) is 47.9 Å². The van der Waals surface area contributed by atoms with E-state index in [1.54, 1.807) is 53.9 Å². The standard InChI is InChI=1S/C53H81N7O12S.C48H70N6O12S/c1-6-39(62)25-35(15-11-13-22-56-47(66)7-2)52(70)59-49(33(3)4)45(65)26-36(14-10-12-21-54)51(69)58-43(44(64)27-37(50(55)68)24-38-29-57-42-17-9-8-16-41(38)42)32-73-46-28-48(67)60(53(46)71)23-20-40(63)19-18-34(30-61)31-72-5;1-6-35(56)22-32(12-10-11-18-50-43(60)7-2)47(64)52-30(4)40(58)20-29(3)46(63)53-39(41(59)23-33(45(49)62)21-34-25-51-38-14-9-8-13-37(34)38)28-67-42-24-44(61)54(48(42)65)19-17-36(57)16-15-31(26-55)27-66-5/h8-9,16-17,29,33-37,43,46,49,57,61H,6-7,10-15,18-28,30-32,54H2,1-5H3,(H2,55,68)(H,56,66)(H,58,69)(H,59,70);8-9,13-14,25,29-33,39,42,51,55H,6-7,10-12,15-24,26-28H2,1-5H3,(H2,49,62)(H,50,60)(H,52,64)(H,53,63)/t34?,35-,36-,37-,43+,46?,49+;29-,30+,31?,32-,33-,39+,42?/m11/s1. The minimum Gasteiger partial charge on any atom is -0.396 e. The summed E-state index contributed by atoms with van der Waals surface area (Å²) in [6.07, 6.45) is 8.21. The number of amides is 12. The number of carbonyl (C=O) groups is 20. The highest BCUT2D eigenvalue weighted by molar-refractivity contribution is 8.01. The van der Waals surface area contributed by atoms with Gasteiger partial charge in [-0.2, -0.15) is 0 Å². The van der Waals surface area contributed by atoms with E-state index in [0.717, 1.165) is 66.3 Å². The molecule has 4 unspecified atom stereocenters. The number of Topliss-reactive ketones (excluding diaryl/α,β-unsaturated/α-hetero) is 8. The summed E-state index contributed by atoms with van der Waals surface area (Å²) in [6, 6.07) is 10.3. The molecule has 4 heterocycles. The number of hydrogen-bond acceptors (Lipinski definition) is 27. The van der Waals surface area contributed by atoms with Crippen LogP contribution in [0.3, 0.4) is 0 Å². The SMILES string of the molecule is CCC(=O)C[C@@H](CCCCNC(=O)CC)C(=O)N[C@@H](C)C(=O)C[C@@H](C)C(=O)N[C@@H](CSC1CC(=O)N(CCC(=O)CCC(CO)COC)C1=O)C(=O)C[C@@H](Cc1c[nH]c2ccccc12)C(N)=O.CCC(=O)C[C@@H](CCCCNC(=O)CC)C(=O)N[C@H](C(=O)C[C@@H](CCCCN)C(=O)N[C@@H](CSC1CC(=O)N(CCC(=O)CCC(CO)COC)C1=O)C(=O)C[C@@H](Cc1c[nH]c2ccccc12)C(N)=O)C(C)C. The monoisotopic (exact) mass is 1990 g/mol. The van der Waals surface area contributed by atoms with Gasteiger partial charge in [0.25, 0.3) is 0 Å². The zero-order valence-electron chi connectivity index (χ0n) is 83.0. The molecule has 16 N–H and O–H groups in total. The lowest BCUT2D eigenvalue weighted by atomic mass is 9.87. The largest absolute Gasteiger partial charge is 0.396 e. The third-order valence-electron chi connectivity index (χ3n) is 25.6. The molecular formula is C101H151N13O24S2. The molecular weight excluding hydrogens is 1840 g/mol. The van der Waals surface area contributed by atoms with E-state index in [4.69, 9.17) is 26.7 Å². The number of ether oxygens (including phenoxy) is 2. The predicted molar refractivity (Wildman–Crippen MR) is 531 cm³/mol. The smallest absolute Gasteiger partial charge is 0.242 e. The summed E-state index contributed by atoms with van der Waals surface area (Å²) in [5, 5.41) is 35.6. The van der Waals surface area contributed by atoms with E-state index < -0.39 is 158 Å². The number of aliphatic hydroxyl groups is 2. The molecule has 0 radical (unpaired) electrons. The molecule has 37 nitrogen and oxygen atoms in total. The molecule has 14 atom stereocenters. The topological polar surface area (TPSA) is 589 Å². The molecule has 2 aliphatic heterocycles. The highest BCUT2D eigenvalue weighted by Gasteiger charge is 2.44. The molecule has 0 bridgehead atoms. The first-order valence-corrected chi connectivity index (χ1v) is 51.3. The number of H-pyrrole nitrogens is 2. The fraction of sp³-hybridized carbons (Fsp3) is 0.644. The van der Waals surface area contributed by atoms with Crippen molar-refractivity contribution in [3.63, 3.8) is 0 Å². The van der Waals surface area contributed by atoms with E-state index in [2.05, 4.69) is 41.9 Å². The number of hydrogen-bond donors (Lipinski definition) is 13. The van der Waals surface area contributed by atoms with Crippen molar-refractivity contribution in [1.29, 1.82) is 0 Å². The Labute approximate surface area is 828 Å². The summed E-state index contributed by atoms with van der Waals surface area (Å²) in [7, 11) is 2.99. The Hall–Kier alpha value is -10.6. The molecule has 776 valence electrons. The van der Waals surface area contributed by atoms with Crippen molar-refractivity contribution < 1.29 is 116 Å². The van der Waals surface area contributed by atoms with E-state index in [9.17, 15) is 106 Å². The minimum absolute atomic E-state index is 0.00429. The summed E-state index contributed by atoms with van der Waals surface area (Å²) >= 11 is 1.97. The second kappa shape index (κ2) is 64.1. The van der Waals surface area contributed by atoms with Crippen molar-refractivity contribution in [3.8, 4) is 0 Å². The fourth-order valence-electron chi connectivity index (χ4n) is 16.7. The Balaban J connectivity index is 0.000000496. The van der Waals surface area contributed by atoms with Gasteiger partial charge in [-0.3, -0.25) is 106 Å². The first-order chi connectivity index (χ1) is 66.8. The number of rotatable bonds is 73. The second-order valence-electron chi connectivity index (χ2n) is 36.9. The zero-order chi connectivity index (χ0) is 104. The molecule has 0 saturated carbocycles. The van der Waals surface area contributed by atoms with Crippen LogP contribution in [-0.2, 0) is 118 Å². The lowest BCUT2D eigenvalue weighted by Gasteiger charge is -2.27. The maximum absolute atomic E-state index is 14.5. The van der Waals surface area contributed by atoms with Crippen LogP contribution < -0.4 is 49.1 Å². The number of fused-ring (bicyclic) bond motifs is 2. The number of thioether (sulfide) groups is 2. The first kappa shape index (κ1) is 120. The van der Waals surface area contributed by atoms with Crippen molar-refractivity contribution >= 4 is 162 Å². The number of imide groups is 2. The Bertz CT molecular complexity index is 4820. The lowest BCUT2D eigenvalue weighted by Crippen LogP contribution is -2.50. The molecule has 12 amide bonds. The van der Waals surface area contributed by atoms with E-state index in [1.165, 1.54) is 28.1 Å². The molecule has 2 aromatic carbocycles. The maximum Gasteiger partial charge on any atom is 0.242 e. The van der Waals surface area contributed by atoms with Crippen LogP contribution in [0.2, 0.25) is 0 Å². The summed E-state index contributed by atoms with van der Waals surface area (Å²) in [5.41, 5.74) is 20.7. The summed E-state index contributed by atoms with van der Waals surface area (Å²) in [5.74, 6) is -15.1. The van der Waals surface area contributed by atoms with Crippen LogP contribution in [0.25, 0.3) is 21.8 Å². The Morgan fingerprint density at radius 2 is 0.850 bits per heavy atom. The van der Waals surface area contributed by atoms with Crippen LogP contribution >= 0.6 is 23.5 Å². The molecule has 2 saturated heterocycles. The van der Waals surface area contributed by atoms with E-state index in [-0.39, 0.29) is 207 Å². The van der Waals surface area contributed by atoms with Gasteiger partial charge in [0.2, 0.25) is 70.9 Å². The van der Waals surface area contributed by atoms with E-state index in [1.807, 2.05) is 48.5 Å². The van der Waals surface area contributed by atoms with Crippen molar-refractivity contribution in [2.24, 2.45) is 70.5 Å². The van der Waals surface area contributed by atoms with Crippen molar-refractivity contribution in [2.75, 3.05) is 84.9 Å². The lowest BCUT2D eigenvalue weighted by molar-refractivity contribution is -0.140. The van der Waals surface area contributed by atoms with Crippen LogP contribution in [0.4, 0.5) is 0 Å². The number of aromatic amines is 2. The summed E-state index contributed by atoms with van der Waals surface area (Å²) < 4.78 is 10.1. The molecule has 2 fully saturated rings. The molecule has 2 aliphatic rings. The Morgan fingerprint density at radius 1 is 0.457 bits per heavy atom. The molecule has 0 aliphatic carbocycles. The van der Waals surface area contributed by atoms with Gasteiger partial charge in [0, 0.05) is 249 Å². The number of benzene rings is 2. The number of nitrogens with one attached hydrogen (secondary N) is 8. The van der Waals surface area contributed by atoms with Gasteiger partial charge in [-0.25, -0.2) is 0 Å². The number of aliphatic hydroxyl groups excluding tert-OH is 2. The third kappa shape index (κ3) is 41.2. The molecule has 2 aromatic heterocycles. The fourth-order valence-corrected chi connectivity index (χ4v) is 19.1. The van der Waals surface area contributed by atoms with Gasteiger partial charge in [-0.1, -0.05) is 104 Å². The predicted octanol–water partition coefficient (Wildman–Crippen LogP) is 6.53. The highest BCUT2D eigenvalue weighted by atomic mass is 32.2. The average Bonchev–Trinajstić information content (AvgIpc) is 1.69. The molecule has 6 rings (SSSR count). The minimum atomic E-state index is -1.30. The van der Waals surface area contributed by atoms with E-state index >= 15 is 0 Å². The van der Waals surface area contributed by atoms with Gasteiger partial charge >= 0.3 is 0 Å². The number of para-hydroxylation sites is 2. The number of unbranched alkanes of at least 4 members (excludes halogenated alkanes) is 3. The van der Waals surface area contributed by atoms with Gasteiger partial charge < -0.3 is 78.8 Å². The van der Waals surface area contributed by atoms with Crippen LogP contribution in [0.15, 0.2) is 60.9 Å². The average molecular weight is 2000 g/mol. The van der Waals surface area contributed by atoms with Gasteiger partial charge in [-0.05, 0) is 107 Å². The molecule has 39 heteroatoms. The number of carbonyl (C=O) groups excluding carboxylic acids is 20. The normalized spacial score (nSPS) is 16.3. The quantitative estimate of drug-likeness (QED) is 0.0165. The Morgan fingerprint density at radius 3 is 1.24 bits per heavy atom.